The lowest BCUT2D eigenvalue weighted by Crippen LogP contribution is -2.18. The third kappa shape index (κ3) is 5.46. The summed E-state index contributed by atoms with van der Waals surface area (Å²) < 4.78 is 53.5. The van der Waals surface area contributed by atoms with Gasteiger partial charge in [-0.05, 0) is 24.6 Å². The van der Waals surface area contributed by atoms with Gasteiger partial charge in [-0.1, -0.05) is 26.2 Å². The standard InChI is InChI=1S/C13H17F4NO/c1-2-3-4-5-12(18)10-8-9(6-7-11(10)14)19-13(15,16)17/h6-8,12H,2-5,18H2,1H3/t12-/m0/s1. The zero-order chi connectivity index (χ0) is 14.5. The van der Waals surface area contributed by atoms with Crippen LogP contribution in [0.1, 0.15) is 44.2 Å². The zero-order valence-corrected chi connectivity index (χ0v) is 10.6. The van der Waals surface area contributed by atoms with Crippen LogP contribution in [0.2, 0.25) is 0 Å². The fourth-order valence-corrected chi connectivity index (χ4v) is 1.77. The fraction of sp³-hybridized carbons (Fsp3) is 0.538. The first-order valence-electron chi connectivity index (χ1n) is 6.14. The number of rotatable bonds is 6. The molecule has 108 valence electrons. The molecule has 0 saturated carbocycles. The van der Waals surface area contributed by atoms with Crippen LogP contribution >= 0.6 is 0 Å². The first-order valence-corrected chi connectivity index (χ1v) is 6.14. The molecule has 0 aliphatic carbocycles. The lowest BCUT2D eigenvalue weighted by molar-refractivity contribution is -0.274. The molecule has 0 fully saturated rings. The summed E-state index contributed by atoms with van der Waals surface area (Å²) in [6, 6.07) is 2.27. The molecule has 0 spiro atoms. The van der Waals surface area contributed by atoms with E-state index in [1.54, 1.807) is 0 Å². The summed E-state index contributed by atoms with van der Waals surface area (Å²) in [6.45, 7) is 2.02. The Morgan fingerprint density at radius 3 is 2.53 bits per heavy atom. The lowest BCUT2D eigenvalue weighted by Gasteiger charge is -2.15. The summed E-state index contributed by atoms with van der Waals surface area (Å²) in [4.78, 5) is 0. The van der Waals surface area contributed by atoms with Crippen molar-refractivity contribution < 1.29 is 22.3 Å². The van der Waals surface area contributed by atoms with Gasteiger partial charge in [0.25, 0.3) is 0 Å². The largest absolute Gasteiger partial charge is 0.573 e. The number of benzene rings is 1. The maximum atomic E-state index is 13.5. The second kappa shape index (κ2) is 6.75. The Balaban J connectivity index is 2.78. The van der Waals surface area contributed by atoms with Crippen molar-refractivity contribution in [2.75, 3.05) is 0 Å². The number of hydrogen-bond acceptors (Lipinski definition) is 2. The second-order valence-electron chi connectivity index (χ2n) is 4.33. The maximum Gasteiger partial charge on any atom is 0.573 e. The number of ether oxygens (including phenoxy) is 1. The third-order valence-corrected chi connectivity index (χ3v) is 2.72. The zero-order valence-electron chi connectivity index (χ0n) is 10.6. The highest BCUT2D eigenvalue weighted by Gasteiger charge is 2.31. The molecule has 0 radical (unpaired) electrons. The molecule has 0 aliphatic rings. The first kappa shape index (κ1) is 15.8. The molecule has 0 aromatic heterocycles. The number of hydrogen-bond donors (Lipinski definition) is 1. The van der Waals surface area contributed by atoms with Crippen LogP contribution in [-0.4, -0.2) is 6.36 Å². The van der Waals surface area contributed by atoms with Gasteiger partial charge in [-0.15, -0.1) is 13.2 Å². The SMILES string of the molecule is CCCCC[C@H](N)c1cc(OC(F)(F)F)ccc1F. The first-order chi connectivity index (χ1) is 8.83. The van der Waals surface area contributed by atoms with Gasteiger partial charge < -0.3 is 10.5 Å². The van der Waals surface area contributed by atoms with Gasteiger partial charge in [-0.2, -0.15) is 0 Å². The van der Waals surface area contributed by atoms with E-state index in [1.165, 1.54) is 0 Å². The van der Waals surface area contributed by atoms with Crippen LogP contribution in [0.15, 0.2) is 18.2 Å². The third-order valence-electron chi connectivity index (χ3n) is 2.72. The molecule has 2 nitrogen and oxygen atoms in total. The van der Waals surface area contributed by atoms with Gasteiger partial charge in [0.1, 0.15) is 11.6 Å². The van der Waals surface area contributed by atoms with Gasteiger partial charge in [-0.3, -0.25) is 0 Å². The van der Waals surface area contributed by atoms with Crippen molar-refractivity contribution in [3.05, 3.63) is 29.6 Å². The smallest absolute Gasteiger partial charge is 0.406 e. The molecule has 2 N–H and O–H groups in total. The van der Waals surface area contributed by atoms with Gasteiger partial charge in [0.2, 0.25) is 0 Å². The minimum absolute atomic E-state index is 0.0536. The predicted octanol–water partition coefficient (Wildman–Crippen LogP) is 4.30. The molecule has 1 aromatic rings. The molecule has 0 unspecified atom stereocenters. The Morgan fingerprint density at radius 2 is 1.95 bits per heavy atom. The van der Waals surface area contributed by atoms with Crippen molar-refractivity contribution in [1.29, 1.82) is 0 Å². The quantitative estimate of drug-likeness (QED) is 0.622. The van der Waals surface area contributed by atoms with Crippen molar-refractivity contribution in [1.82, 2.24) is 0 Å². The van der Waals surface area contributed by atoms with E-state index in [9.17, 15) is 17.6 Å². The van der Waals surface area contributed by atoms with Crippen LogP contribution < -0.4 is 10.5 Å². The number of alkyl halides is 3. The molecule has 0 amide bonds. The predicted molar refractivity (Wildman–Crippen MR) is 64.2 cm³/mol. The number of nitrogens with two attached hydrogens (primary N) is 1. The minimum atomic E-state index is -4.79. The molecule has 1 rings (SSSR count). The molecule has 6 heteroatoms. The van der Waals surface area contributed by atoms with Crippen LogP contribution in [0.25, 0.3) is 0 Å². The summed E-state index contributed by atoms with van der Waals surface area (Å²) in [7, 11) is 0. The van der Waals surface area contributed by atoms with Gasteiger partial charge in [0, 0.05) is 11.6 Å². The van der Waals surface area contributed by atoms with Crippen molar-refractivity contribution >= 4 is 0 Å². The highest BCUT2D eigenvalue weighted by Crippen LogP contribution is 2.28. The summed E-state index contributed by atoms with van der Waals surface area (Å²) >= 11 is 0. The van der Waals surface area contributed by atoms with Gasteiger partial charge in [0.05, 0.1) is 0 Å². The summed E-state index contributed by atoms with van der Waals surface area (Å²) in [6.07, 6.45) is -1.51. The molecule has 0 aliphatic heterocycles. The van der Waals surface area contributed by atoms with E-state index in [1.807, 2.05) is 6.92 Å². The molecule has 0 heterocycles. The van der Waals surface area contributed by atoms with Crippen LogP contribution in [0.5, 0.6) is 5.75 Å². The van der Waals surface area contributed by atoms with E-state index in [0.717, 1.165) is 37.5 Å². The van der Waals surface area contributed by atoms with Crippen molar-refractivity contribution in [2.24, 2.45) is 5.73 Å². The van der Waals surface area contributed by atoms with Gasteiger partial charge in [-0.25, -0.2) is 4.39 Å². The molecular formula is C13H17F4NO. The molecule has 19 heavy (non-hydrogen) atoms. The molecular weight excluding hydrogens is 262 g/mol. The van der Waals surface area contributed by atoms with Crippen LogP contribution in [-0.2, 0) is 0 Å². The molecule has 1 atom stereocenters. The summed E-state index contributed by atoms with van der Waals surface area (Å²) in [5.74, 6) is -1.06. The van der Waals surface area contributed by atoms with Crippen LogP contribution in [0, 0.1) is 5.82 Å². The Labute approximate surface area is 109 Å². The topological polar surface area (TPSA) is 35.2 Å². The van der Waals surface area contributed by atoms with E-state index >= 15 is 0 Å². The Kier molecular flexibility index (Phi) is 5.60. The van der Waals surface area contributed by atoms with Crippen molar-refractivity contribution in [3.8, 4) is 5.75 Å². The highest BCUT2D eigenvalue weighted by atomic mass is 19.4. The molecule has 0 saturated heterocycles. The van der Waals surface area contributed by atoms with Gasteiger partial charge >= 0.3 is 6.36 Å². The monoisotopic (exact) mass is 279 g/mol. The lowest BCUT2D eigenvalue weighted by atomic mass is 10.0. The van der Waals surface area contributed by atoms with Crippen molar-refractivity contribution in [3.63, 3.8) is 0 Å². The average molecular weight is 279 g/mol. The summed E-state index contributed by atoms with van der Waals surface area (Å²) in [5, 5.41) is 0. The second-order valence-corrected chi connectivity index (χ2v) is 4.33. The number of unbranched alkanes of at least 4 members (excludes halogenated alkanes) is 2. The minimum Gasteiger partial charge on any atom is -0.406 e. The summed E-state index contributed by atoms with van der Waals surface area (Å²) in [5.41, 5.74) is 5.85. The van der Waals surface area contributed by atoms with E-state index < -0.39 is 24.0 Å². The average Bonchev–Trinajstić information content (AvgIpc) is 2.30. The molecule has 1 aromatic carbocycles. The maximum absolute atomic E-state index is 13.5. The van der Waals surface area contributed by atoms with E-state index in [4.69, 9.17) is 5.73 Å². The Hall–Kier alpha value is -1.30. The number of halogens is 4. The van der Waals surface area contributed by atoms with E-state index in [-0.39, 0.29) is 5.56 Å². The van der Waals surface area contributed by atoms with Gasteiger partial charge in [0.15, 0.2) is 0 Å². The Morgan fingerprint density at radius 1 is 1.26 bits per heavy atom. The normalized spacial score (nSPS) is 13.4. The Bertz CT molecular complexity index is 406. The van der Waals surface area contributed by atoms with Crippen molar-refractivity contribution in [2.45, 2.75) is 45.0 Å². The molecule has 0 bridgehead atoms. The van der Waals surface area contributed by atoms with Crippen LogP contribution in [0.3, 0.4) is 0 Å². The fourth-order valence-electron chi connectivity index (χ4n) is 1.77. The van der Waals surface area contributed by atoms with Crippen LogP contribution in [0.4, 0.5) is 17.6 Å². The van der Waals surface area contributed by atoms with E-state index in [2.05, 4.69) is 4.74 Å². The van der Waals surface area contributed by atoms with E-state index in [0.29, 0.717) is 6.42 Å². The highest BCUT2D eigenvalue weighted by molar-refractivity contribution is 5.32.